The van der Waals surface area contributed by atoms with Crippen LogP contribution in [-0.4, -0.2) is 29.8 Å². The minimum Gasteiger partial charge on any atom is -0.342 e. The standard InChI is InChI=1S/C17H23FN2O2/c1-17(2,16(22)20-10-5-3-4-6-11-20)15(21)19-14-9-7-8-13(18)12-14/h7-9,12H,3-6,10-11H2,1-2H3,(H,19,21). The van der Waals surface area contributed by atoms with Gasteiger partial charge in [0.05, 0.1) is 0 Å². The van der Waals surface area contributed by atoms with Crippen molar-refractivity contribution in [3.8, 4) is 0 Å². The zero-order chi connectivity index (χ0) is 16.2. The van der Waals surface area contributed by atoms with Gasteiger partial charge in [-0.05, 0) is 44.9 Å². The summed E-state index contributed by atoms with van der Waals surface area (Å²) in [5, 5.41) is 2.63. The maximum absolute atomic E-state index is 13.2. The Balaban J connectivity index is 2.07. The highest BCUT2D eigenvalue weighted by atomic mass is 19.1. The zero-order valence-electron chi connectivity index (χ0n) is 13.2. The molecule has 1 saturated heterocycles. The van der Waals surface area contributed by atoms with Crippen LogP contribution in [0.2, 0.25) is 0 Å². The van der Waals surface area contributed by atoms with Crippen LogP contribution in [0.3, 0.4) is 0 Å². The van der Waals surface area contributed by atoms with E-state index in [2.05, 4.69) is 5.32 Å². The van der Waals surface area contributed by atoms with Crippen LogP contribution in [0.4, 0.5) is 10.1 Å². The van der Waals surface area contributed by atoms with E-state index in [9.17, 15) is 14.0 Å². The van der Waals surface area contributed by atoms with Gasteiger partial charge < -0.3 is 10.2 Å². The number of carbonyl (C=O) groups excluding carboxylic acids is 2. The van der Waals surface area contributed by atoms with E-state index in [1.54, 1.807) is 24.8 Å². The zero-order valence-corrected chi connectivity index (χ0v) is 13.2. The summed E-state index contributed by atoms with van der Waals surface area (Å²) in [5.41, 5.74) is -0.807. The summed E-state index contributed by atoms with van der Waals surface area (Å²) in [7, 11) is 0. The van der Waals surface area contributed by atoms with E-state index in [1.165, 1.54) is 18.2 Å². The molecule has 22 heavy (non-hydrogen) atoms. The van der Waals surface area contributed by atoms with Crippen molar-refractivity contribution in [2.45, 2.75) is 39.5 Å². The van der Waals surface area contributed by atoms with E-state index in [1.807, 2.05) is 0 Å². The quantitative estimate of drug-likeness (QED) is 0.872. The van der Waals surface area contributed by atoms with Crippen LogP contribution in [0.15, 0.2) is 24.3 Å². The highest BCUT2D eigenvalue weighted by Crippen LogP contribution is 2.24. The Kier molecular flexibility index (Phi) is 5.16. The molecule has 0 saturated carbocycles. The predicted molar refractivity (Wildman–Crippen MR) is 83.9 cm³/mol. The summed E-state index contributed by atoms with van der Waals surface area (Å²) < 4.78 is 13.2. The van der Waals surface area contributed by atoms with Gasteiger partial charge in [0.25, 0.3) is 0 Å². The van der Waals surface area contributed by atoms with Gasteiger partial charge in [0, 0.05) is 18.8 Å². The minimum atomic E-state index is -1.17. The molecule has 1 heterocycles. The number of carbonyl (C=O) groups is 2. The Labute approximate surface area is 130 Å². The number of anilines is 1. The maximum atomic E-state index is 13.2. The second-order valence-corrected chi connectivity index (χ2v) is 6.30. The first kappa shape index (κ1) is 16.5. The Hall–Kier alpha value is -1.91. The number of amides is 2. The van der Waals surface area contributed by atoms with Crippen molar-refractivity contribution in [1.82, 2.24) is 4.90 Å². The molecule has 5 heteroatoms. The van der Waals surface area contributed by atoms with Crippen molar-refractivity contribution in [2.75, 3.05) is 18.4 Å². The molecule has 2 rings (SSSR count). The van der Waals surface area contributed by atoms with Gasteiger partial charge in [-0.25, -0.2) is 4.39 Å². The normalized spacial score (nSPS) is 16.0. The van der Waals surface area contributed by atoms with Crippen LogP contribution in [-0.2, 0) is 9.59 Å². The molecule has 0 unspecified atom stereocenters. The smallest absolute Gasteiger partial charge is 0.239 e. The first-order valence-electron chi connectivity index (χ1n) is 7.77. The van der Waals surface area contributed by atoms with E-state index < -0.39 is 17.1 Å². The number of benzene rings is 1. The third-order valence-electron chi connectivity index (χ3n) is 4.08. The molecular weight excluding hydrogens is 283 g/mol. The van der Waals surface area contributed by atoms with E-state index >= 15 is 0 Å². The van der Waals surface area contributed by atoms with Crippen LogP contribution in [0.5, 0.6) is 0 Å². The fourth-order valence-corrected chi connectivity index (χ4v) is 2.62. The molecule has 1 aromatic carbocycles. The number of hydrogen-bond acceptors (Lipinski definition) is 2. The average molecular weight is 306 g/mol. The average Bonchev–Trinajstić information content (AvgIpc) is 2.75. The fourth-order valence-electron chi connectivity index (χ4n) is 2.62. The molecule has 0 atom stereocenters. The Morgan fingerprint density at radius 1 is 1.14 bits per heavy atom. The highest BCUT2D eigenvalue weighted by Gasteiger charge is 2.39. The third kappa shape index (κ3) is 3.84. The van der Waals surface area contributed by atoms with Crippen LogP contribution < -0.4 is 5.32 Å². The number of nitrogens with one attached hydrogen (secondary N) is 1. The molecule has 0 bridgehead atoms. The number of likely N-dealkylation sites (tertiary alicyclic amines) is 1. The molecule has 1 aliphatic heterocycles. The predicted octanol–water partition coefficient (Wildman–Crippen LogP) is 3.19. The molecular formula is C17H23FN2O2. The second-order valence-electron chi connectivity index (χ2n) is 6.30. The van der Waals surface area contributed by atoms with Gasteiger partial charge in [0.1, 0.15) is 11.2 Å². The molecule has 0 radical (unpaired) electrons. The SMILES string of the molecule is CC(C)(C(=O)Nc1cccc(F)c1)C(=O)N1CCCCCC1. The maximum Gasteiger partial charge on any atom is 0.239 e. The first-order chi connectivity index (χ1) is 10.4. The lowest BCUT2D eigenvalue weighted by Crippen LogP contribution is -2.47. The summed E-state index contributed by atoms with van der Waals surface area (Å²) in [6, 6.07) is 5.68. The van der Waals surface area contributed by atoms with E-state index in [4.69, 9.17) is 0 Å². The first-order valence-corrected chi connectivity index (χ1v) is 7.77. The van der Waals surface area contributed by atoms with Gasteiger partial charge in [-0.2, -0.15) is 0 Å². The Morgan fingerprint density at radius 3 is 2.36 bits per heavy atom. The fraction of sp³-hybridized carbons (Fsp3) is 0.529. The van der Waals surface area contributed by atoms with Crippen molar-refractivity contribution in [1.29, 1.82) is 0 Å². The largest absolute Gasteiger partial charge is 0.342 e. The molecule has 4 nitrogen and oxygen atoms in total. The number of rotatable bonds is 3. The summed E-state index contributed by atoms with van der Waals surface area (Å²) in [6.45, 7) is 4.65. The monoisotopic (exact) mass is 306 g/mol. The Bertz CT molecular complexity index is 549. The number of nitrogens with zero attached hydrogens (tertiary/aromatic N) is 1. The lowest BCUT2D eigenvalue weighted by molar-refractivity contribution is -0.146. The van der Waals surface area contributed by atoms with Gasteiger partial charge in [-0.1, -0.05) is 18.9 Å². The van der Waals surface area contributed by atoms with E-state index in [0.29, 0.717) is 18.8 Å². The van der Waals surface area contributed by atoms with Crippen molar-refractivity contribution in [3.05, 3.63) is 30.1 Å². The summed E-state index contributed by atoms with van der Waals surface area (Å²) >= 11 is 0. The van der Waals surface area contributed by atoms with Crippen molar-refractivity contribution >= 4 is 17.5 Å². The van der Waals surface area contributed by atoms with Gasteiger partial charge in [-0.15, -0.1) is 0 Å². The molecule has 1 fully saturated rings. The summed E-state index contributed by atoms with van der Waals surface area (Å²) in [6.07, 6.45) is 4.21. The van der Waals surface area contributed by atoms with Gasteiger partial charge in [-0.3, -0.25) is 9.59 Å². The van der Waals surface area contributed by atoms with Crippen LogP contribution >= 0.6 is 0 Å². The lowest BCUT2D eigenvalue weighted by Gasteiger charge is -2.30. The van der Waals surface area contributed by atoms with Crippen LogP contribution in [0.25, 0.3) is 0 Å². The summed E-state index contributed by atoms with van der Waals surface area (Å²) in [5.74, 6) is -0.995. The molecule has 1 aromatic rings. The van der Waals surface area contributed by atoms with Gasteiger partial charge in [0.2, 0.25) is 11.8 Å². The van der Waals surface area contributed by atoms with E-state index in [-0.39, 0.29) is 5.91 Å². The van der Waals surface area contributed by atoms with Crippen LogP contribution in [0, 0.1) is 11.2 Å². The van der Waals surface area contributed by atoms with Crippen molar-refractivity contribution in [3.63, 3.8) is 0 Å². The minimum absolute atomic E-state index is 0.164. The molecule has 120 valence electrons. The Morgan fingerprint density at radius 2 is 1.77 bits per heavy atom. The van der Waals surface area contributed by atoms with E-state index in [0.717, 1.165) is 25.7 Å². The van der Waals surface area contributed by atoms with Gasteiger partial charge in [0.15, 0.2) is 0 Å². The van der Waals surface area contributed by atoms with Crippen molar-refractivity contribution in [2.24, 2.45) is 5.41 Å². The lowest BCUT2D eigenvalue weighted by atomic mass is 9.90. The number of halogens is 1. The van der Waals surface area contributed by atoms with Crippen molar-refractivity contribution < 1.29 is 14.0 Å². The number of hydrogen-bond donors (Lipinski definition) is 1. The molecule has 2 amide bonds. The molecule has 0 aromatic heterocycles. The van der Waals surface area contributed by atoms with Gasteiger partial charge >= 0.3 is 0 Å². The van der Waals surface area contributed by atoms with Crippen LogP contribution in [0.1, 0.15) is 39.5 Å². The third-order valence-corrected chi connectivity index (χ3v) is 4.08. The molecule has 0 aliphatic carbocycles. The topological polar surface area (TPSA) is 49.4 Å². The molecule has 1 N–H and O–H groups in total. The molecule has 1 aliphatic rings. The molecule has 0 spiro atoms. The highest BCUT2D eigenvalue weighted by molar-refractivity contribution is 6.09. The second kappa shape index (κ2) is 6.90. The summed E-state index contributed by atoms with van der Waals surface area (Å²) in [4.78, 5) is 26.9.